The lowest BCUT2D eigenvalue weighted by Crippen LogP contribution is -2.35. The van der Waals surface area contributed by atoms with E-state index >= 15 is 0 Å². The van der Waals surface area contributed by atoms with Gasteiger partial charge in [-0.25, -0.2) is 0 Å². The Kier molecular flexibility index (Phi) is 4.76. The van der Waals surface area contributed by atoms with E-state index < -0.39 is 4.92 Å². The van der Waals surface area contributed by atoms with Gasteiger partial charge < -0.3 is 10.5 Å². The smallest absolute Gasteiger partial charge is 0.312 e. The number of ether oxygens (including phenoxy) is 1. The summed E-state index contributed by atoms with van der Waals surface area (Å²) in [7, 11) is 0. The van der Waals surface area contributed by atoms with Gasteiger partial charge in [0.1, 0.15) is 6.10 Å². The molecule has 0 aromatic heterocycles. The van der Waals surface area contributed by atoms with Crippen LogP contribution in [0.5, 0.6) is 5.75 Å². The van der Waals surface area contributed by atoms with Crippen LogP contribution >= 0.6 is 15.9 Å². The standard InChI is InChI=1S/C13H17BrN2O3/c14-10-5-6-13(11(7-10)16(17)18)19-12-4-2-1-3-9(12)8-15/h5-7,9,12H,1-4,8,15H2. The zero-order valence-electron chi connectivity index (χ0n) is 10.5. The molecular formula is C13H17BrN2O3. The summed E-state index contributed by atoms with van der Waals surface area (Å²) in [4.78, 5) is 10.6. The number of benzene rings is 1. The van der Waals surface area contributed by atoms with Crippen molar-refractivity contribution in [1.82, 2.24) is 0 Å². The highest BCUT2D eigenvalue weighted by Crippen LogP contribution is 2.34. The van der Waals surface area contributed by atoms with Crippen LogP contribution in [-0.2, 0) is 0 Å². The number of nitrogens with two attached hydrogens (primary N) is 1. The third-order valence-corrected chi connectivity index (χ3v) is 4.03. The van der Waals surface area contributed by atoms with E-state index in [4.69, 9.17) is 10.5 Å². The number of nitrogens with zero attached hydrogens (tertiary/aromatic N) is 1. The molecule has 1 fully saturated rings. The minimum atomic E-state index is -0.416. The van der Waals surface area contributed by atoms with Crippen LogP contribution < -0.4 is 10.5 Å². The van der Waals surface area contributed by atoms with Gasteiger partial charge >= 0.3 is 5.69 Å². The summed E-state index contributed by atoms with van der Waals surface area (Å²) in [5.41, 5.74) is 5.74. The Balaban J connectivity index is 2.20. The lowest BCUT2D eigenvalue weighted by Gasteiger charge is -2.30. The summed E-state index contributed by atoms with van der Waals surface area (Å²) in [5, 5.41) is 11.0. The van der Waals surface area contributed by atoms with Crippen LogP contribution in [0.15, 0.2) is 22.7 Å². The first-order valence-corrected chi connectivity index (χ1v) is 7.21. The minimum Gasteiger partial charge on any atom is -0.483 e. The van der Waals surface area contributed by atoms with Crippen LogP contribution in [0.4, 0.5) is 5.69 Å². The summed E-state index contributed by atoms with van der Waals surface area (Å²) < 4.78 is 6.54. The largest absolute Gasteiger partial charge is 0.483 e. The summed E-state index contributed by atoms with van der Waals surface area (Å²) in [5.74, 6) is 0.621. The Morgan fingerprint density at radius 3 is 2.84 bits per heavy atom. The fourth-order valence-corrected chi connectivity index (χ4v) is 2.84. The number of hydrogen-bond acceptors (Lipinski definition) is 4. The normalized spacial score (nSPS) is 23.1. The van der Waals surface area contributed by atoms with Gasteiger partial charge in [-0.3, -0.25) is 10.1 Å². The molecule has 1 aliphatic rings. The number of rotatable bonds is 4. The monoisotopic (exact) mass is 328 g/mol. The molecule has 1 aromatic rings. The van der Waals surface area contributed by atoms with Gasteiger partial charge in [-0.2, -0.15) is 0 Å². The summed E-state index contributed by atoms with van der Waals surface area (Å²) >= 11 is 3.24. The third kappa shape index (κ3) is 3.45. The van der Waals surface area contributed by atoms with E-state index in [0.29, 0.717) is 16.8 Å². The van der Waals surface area contributed by atoms with Crippen LogP contribution in [0.25, 0.3) is 0 Å². The fourth-order valence-electron chi connectivity index (χ4n) is 2.49. The molecule has 1 aromatic carbocycles. The Hall–Kier alpha value is -1.14. The van der Waals surface area contributed by atoms with Crippen molar-refractivity contribution in [3.05, 3.63) is 32.8 Å². The first-order chi connectivity index (χ1) is 9.11. The van der Waals surface area contributed by atoms with E-state index in [2.05, 4.69) is 15.9 Å². The van der Waals surface area contributed by atoms with Crippen LogP contribution in [0.2, 0.25) is 0 Å². The van der Waals surface area contributed by atoms with E-state index in [9.17, 15) is 10.1 Å². The molecule has 19 heavy (non-hydrogen) atoms. The number of hydrogen-bond donors (Lipinski definition) is 1. The molecule has 0 amide bonds. The second-order valence-corrected chi connectivity index (χ2v) is 5.72. The number of halogens is 1. The van der Waals surface area contributed by atoms with E-state index in [1.54, 1.807) is 12.1 Å². The van der Waals surface area contributed by atoms with Gasteiger partial charge in [-0.15, -0.1) is 0 Å². The highest BCUT2D eigenvalue weighted by molar-refractivity contribution is 9.10. The van der Waals surface area contributed by atoms with Crippen molar-refractivity contribution in [2.24, 2.45) is 11.7 Å². The molecular weight excluding hydrogens is 312 g/mol. The van der Waals surface area contributed by atoms with Crippen molar-refractivity contribution in [3.8, 4) is 5.75 Å². The Morgan fingerprint density at radius 2 is 2.16 bits per heavy atom. The SMILES string of the molecule is NCC1CCCCC1Oc1ccc(Br)cc1[N+](=O)[O-]. The van der Waals surface area contributed by atoms with Gasteiger partial charge in [0.05, 0.1) is 4.92 Å². The maximum absolute atomic E-state index is 11.0. The molecule has 104 valence electrons. The van der Waals surface area contributed by atoms with E-state index in [-0.39, 0.29) is 17.7 Å². The molecule has 2 rings (SSSR count). The lowest BCUT2D eigenvalue weighted by atomic mass is 9.86. The lowest BCUT2D eigenvalue weighted by molar-refractivity contribution is -0.386. The average molecular weight is 329 g/mol. The predicted octanol–water partition coefficient (Wildman–Crippen LogP) is 3.25. The highest BCUT2D eigenvalue weighted by atomic mass is 79.9. The Morgan fingerprint density at radius 1 is 1.42 bits per heavy atom. The molecule has 1 aliphatic carbocycles. The maximum atomic E-state index is 11.0. The van der Waals surface area contributed by atoms with Crippen molar-refractivity contribution in [2.45, 2.75) is 31.8 Å². The molecule has 5 nitrogen and oxygen atoms in total. The van der Waals surface area contributed by atoms with Gasteiger partial charge in [0, 0.05) is 16.5 Å². The van der Waals surface area contributed by atoms with E-state index in [1.807, 2.05) is 0 Å². The maximum Gasteiger partial charge on any atom is 0.312 e. The van der Waals surface area contributed by atoms with Gasteiger partial charge in [0.2, 0.25) is 0 Å². The van der Waals surface area contributed by atoms with Crippen LogP contribution in [0.1, 0.15) is 25.7 Å². The van der Waals surface area contributed by atoms with Crippen molar-refractivity contribution in [3.63, 3.8) is 0 Å². The molecule has 0 bridgehead atoms. The van der Waals surface area contributed by atoms with Crippen molar-refractivity contribution < 1.29 is 9.66 Å². The molecule has 0 heterocycles. The summed E-state index contributed by atoms with van der Waals surface area (Å²) in [6, 6.07) is 4.86. The Bertz CT molecular complexity index is 467. The fraction of sp³-hybridized carbons (Fsp3) is 0.538. The second kappa shape index (κ2) is 6.34. The summed E-state index contributed by atoms with van der Waals surface area (Å²) in [6.45, 7) is 0.564. The van der Waals surface area contributed by atoms with Crippen LogP contribution in [0, 0.1) is 16.0 Å². The first-order valence-electron chi connectivity index (χ1n) is 6.42. The van der Waals surface area contributed by atoms with Crippen molar-refractivity contribution in [2.75, 3.05) is 6.54 Å². The molecule has 2 atom stereocenters. The molecule has 0 aliphatic heterocycles. The zero-order valence-corrected chi connectivity index (χ0v) is 12.1. The van der Waals surface area contributed by atoms with E-state index in [0.717, 1.165) is 25.7 Å². The number of nitro groups is 1. The first kappa shape index (κ1) is 14.3. The molecule has 6 heteroatoms. The van der Waals surface area contributed by atoms with Crippen molar-refractivity contribution in [1.29, 1.82) is 0 Å². The van der Waals surface area contributed by atoms with Gasteiger partial charge in [0.15, 0.2) is 5.75 Å². The second-order valence-electron chi connectivity index (χ2n) is 4.81. The highest BCUT2D eigenvalue weighted by Gasteiger charge is 2.28. The minimum absolute atomic E-state index is 0.00396. The number of nitro benzene ring substituents is 1. The van der Waals surface area contributed by atoms with E-state index in [1.165, 1.54) is 6.07 Å². The Labute approximate surface area is 120 Å². The van der Waals surface area contributed by atoms with Gasteiger partial charge in [-0.1, -0.05) is 22.4 Å². The summed E-state index contributed by atoms with van der Waals surface area (Å²) in [6.07, 6.45) is 4.18. The topological polar surface area (TPSA) is 78.4 Å². The zero-order chi connectivity index (χ0) is 13.8. The molecule has 2 unspecified atom stereocenters. The van der Waals surface area contributed by atoms with Crippen molar-refractivity contribution >= 4 is 21.6 Å². The average Bonchev–Trinajstić information content (AvgIpc) is 2.41. The van der Waals surface area contributed by atoms with Gasteiger partial charge in [0.25, 0.3) is 0 Å². The molecule has 0 saturated heterocycles. The molecule has 2 N–H and O–H groups in total. The van der Waals surface area contributed by atoms with Gasteiger partial charge in [-0.05, 0) is 37.9 Å². The van der Waals surface area contributed by atoms with Crippen LogP contribution in [-0.4, -0.2) is 17.6 Å². The quantitative estimate of drug-likeness (QED) is 0.679. The van der Waals surface area contributed by atoms with Crippen LogP contribution in [0.3, 0.4) is 0 Å². The molecule has 1 saturated carbocycles. The predicted molar refractivity (Wildman–Crippen MR) is 76.2 cm³/mol. The molecule has 0 spiro atoms. The molecule has 0 radical (unpaired) electrons. The third-order valence-electron chi connectivity index (χ3n) is 3.54.